The lowest BCUT2D eigenvalue weighted by atomic mass is 10.0. The van der Waals surface area contributed by atoms with Gasteiger partial charge in [-0.25, -0.2) is 0 Å². The maximum Gasteiger partial charge on any atom is 0.264 e. The van der Waals surface area contributed by atoms with E-state index in [0.717, 1.165) is 5.56 Å². The van der Waals surface area contributed by atoms with Crippen molar-refractivity contribution < 1.29 is 14.1 Å². The summed E-state index contributed by atoms with van der Waals surface area (Å²) in [5, 5.41) is 4.49. The molecule has 0 unspecified atom stereocenters. The highest BCUT2D eigenvalue weighted by Gasteiger charge is 2.40. The van der Waals surface area contributed by atoms with Gasteiger partial charge in [0.05, 0.1) is 5.02 Å². The van der Waals surface area contributed by atoms with Crippen LogP contribution in [0.25, 0.3) is 11.3 Å². The van der Waals surface area contributed by atoms with E-state index in [1.54, 1.807) is 37.3 Å². The molecule has 0 fully saturated rings. The van der Waals surface area contributed by atoms with Gasteiger partial charge in [-0.05, 0) is 24.6 Å². The monoisotopic (exact) mass is 381 g/mol. The Morgan fingerprint density at radius 2 is 1.89 bits per heavy atom. The van der Waals surface area contributed by atoms with E-state index in [-0.39, 0.29) is 5.56 Å². The summed E-state index contributed by atoms with van der Waals surface area (Å²) in [4.78, 5) is 26.9. The summed E-state index contributed by atoms with van der Waals surface area (Å²) in [7, 11) is 0. The van der Waals surface area contributed by atoms with Gasteiger partial charge in [-0.2, -0.15) is 0 Å². The van der Waals surface area contributed by atoms with Crippen LogP contribution in [0.15, 0.2) is 53.1 Å². The van der Waals surface area contributed by atoms with Gasteiger partial charge in [0, 0.05) is 17.7 Å². The Labute approximate surface area is 160 Å². The summed E-state index contributed by atoms with van der Waals surface area (Å²) in [5.41, 5.74) is 8.33. The number of primary amides is 1. The number of benzene rings is 2. The molecule has 1 aliphatic heterocycles. The van der Waals surface area contributed by atoms with E-state index in [4.69, 9.17) is 21.9 Å². The SMILES string of the molecule is Cc1onc(-c2ccccc2Cl)c1C(=O)N1c2ccccc2C[C@@H]1C(N)=O. The summed E-state index contributed by atoms with van der Waals surface area (Å²) in [6.07, 6.45) is 0.378. The quantitative estimate of drug-likeness (QED) is 0.753. The van der Waals surface area contributed by atoms with E-state index >= 15 is 0 Å². The first-order valence-electron chi connectivity index (χ1n) is 8.41. The van der Waals surface area contributed by atoms with Crippen molar-refractivity contribution in [3.05, 3.63) is 70.4 Å². The van der Waals surface area contributed by atoms with E-state index in [2.05, 4.69) is 5.16 Å². The van der Waals surface area contributed by atoms with E-state index < -0.39 is 17.9 Å². The largest absolute Gasteiger partial charge is 0.368 e. The third kappa shape index (κ3) is 2.78. The van der Waals surface area contributed by atoms with Crippen LogP contribution in [0.5, 0.6) is 0 Å². The highest BCUT2D eigenvalue weighted by molar-refractivity contribution is 6.33. The molecule has 7 heteroatoms. The van der Waals surface area contributed by atoms with Gasteiger partial charge in [0.15, 0.2) is 0 Å². The molecule has 3 aromatic rings. The highest BCUT2D eigenvalue weighted by atomic mass is 35.5. The van der Waals surface area contributed by atoms with Crippen LogP contribution >= 0.6 is 11.6 Å². The van der Waals surface area contributed by atoms with E-state index in [9.17, 15) is 9.59 Å². The van der Waals surface area contributed by atoms with Crippen molar-refractivity contribution in [3.63, 3.8) is 0 Å². The summed E-state index contributed by atoms with van der Waals surface area (Å²) in [6.45, 7) is 1.65. The third-order valence-electron chi connectivity index (χ3n) is 4.73. The second-order valence-corrected chi connectivity index (χ2v) is 6.78. The molecule has 2 amide bonds. The molecule has 27 heavy (non-hydrogen) atoms. The third-order valence-corrected chi connectivity index (χ3v) is 5.06. The number of para-hydroxylation sites is 1. The molecule has 6 nitrogen and oxygen atoms in total. The van der Waals surface area contributed by atoms with Gasteiger partial charge >= 0.3 is 0 Å². The zero-order valence-electron chi connectivity index (χ0n) is 14.5. The Morgan fingerprint density at radius 3 is 2.63 bits per heavy atom. The number of fused-ring (bicyclic) bond motifs is 1. The number of carbonyl (C=O) groups excluding carboxylic acids is 2. The molecule has 0 saturated heterocycles. The maximum atomic E-state index is 13.5. The molecule has 0 radical (unpaired) electrons. The van der Waals surface area contributed by atoms with E-state index in [1.165, 1.54) is 4.90 Å². The maximum absolute atomic E-state index is 13.5. The van der Waals surface area contributed by atoms with Crippen molar-refractivity contribution in [2.75, 3.05) is 4.90 Å². The fraction of sp³-hybridized carbons (Fsp3) is 0.150. The standard InChI is InChI=1S/C20H16ClN3O3/c1-11-17(18(23-27-11)13-7-3-4-8-14(13)21)20(26)24-15-9-5-2-6-12(15)10-16(24)19(22)25/h2-9,16H,10H2,1H3,(H2,22,25)/t16-/m1/s1. The minimum absolute atomic E-state index is 0.269. The van der Waals surface area contributed by atoms with E-state index in [1.807, 2.05) is 18.2 Å². The summed E-state index contributed by atoms with van der Waals surface area (Å²) in [6, 6.07) is 13.7. The number of amides is 2. The molecule has 136 valence electrons. The molecule has 0 saturated carbocycles. The van der Waals surface area contributed by atoms with Gasteiger partial charge in [-0.15, -0.1) is 0 Å². The number of anilines is 1. The van der Waals surface area contributed by atoms with E-state index in [0.29, 0.717) is 34.1 Å². The molecule has 2 aromatic carbocycles. The van der Waals surface area contributed by atoms with Crippen molar-refractivity contribution in [1.29, 1.82) is 0 Å². The van der Waals surface area contributed by atoms with Crippen LogP contribution in [-0.2, 0) is 11.2 Å². The van der Waals surface area contributed by atoms with Gasteiger partial charge in [-0.3, -0.25) is 14.5 Å². The number of aryl methyl sites for hydroxylation is 1. The number of hydrogen-bond acceptors (Lipinski definition) is 4. The lowest BCUT2D eigenvalue weighted by Gasteiger charge is -2.23. The second-order valence-electron chi connectivity index (χ2n) is 6.37. The predicted molar refractivity (Wildman–Crippen MR) is 102 cm³/mol. The van der Waals surface area contributed by atoms with Crippen LogP contribution < -0.4 is 10.6 Å². The molecule has 0 spiro atoms. The van der Waals surface area contributed by atoms with Crippen LogP contribution in [0.3, 0.4) is 0 Å². The number of rotatable bonds is 3. The van der Waals surface area contributed by atoms with Crippen LogP contribution in [0.2, 0.25) is 5.02 Å². The molecule has 1 aromatic heterocycles. The molecule has 1 aliphatic rings. The molecule has 4 rings (SSSR count). The zero-order chi connectivity index (χ0) is 19.1. The van der Waals surface area contributed by atoms with Crippen LogP contribution in [0, 0.1) is 6.92 Å². The Morgan fingerprint density at radius 1 is 1.19 bits per heavy atom. The van der Waals surface area contributed by atoms with Crippen molar-refractivity contribution >= 4 is 29.1 Å². The number of nitrogens with two attached hydrogens (primary N) is 1. The van der Waals surface area contributed by atoms with Crippen molar-refractivity contribution in [3.8, 4) is 11.3 Å². The number of nitrogens with zero attached hydrogens (tertiary/aromatic N) is 2. The molecule has 0 aliphatic carbocycles. The van der Waals surface area contributed by atoms with Gasteiger partial charge < -0.3 is 10.3 Å². The molecule has 2 heterocycles. The number of halogens is 1. The average molecular weight is 382 g/mol. The Hall–Kier alpha value is -3.12. The normalized spacial score (nSPS) is 15.6. The van der Waals surface area contributed by atoms with Crippen LogP contribution in [0.4, 0.5) is 5.69 Å². The number of hydrogen-bond donors (Lipinski definition) is 1. The lowest BCUT2D eigenvalue weighted by molar-refractivity contribution is -0.119. The summed E-state index contributed by atoms with van der Waals surface area (Å²) < 4.78 is 5.30. The Kier molecular flexibility index (Phi) is 4.20. The van der Waals surface area contributed by atoms with Crippen molar-refractivity contribution in [1.82, 2.24) is 5.16 Å². The van der Waals surface area contributed by atoms with Gasteiger partial charge in [0.25, 0.3) is 5.91 Å². The van der Waals surface area contributed by atoms with Crippen molar-refractivity contribution in [2.24, 2.45) is 5.73 Å². The van der Waals surface area contributed by atoms with Gasteiger partial charge in [-0.1, -0.05) is 53.2 Å². The molecular weight excluding hydrogens is 366 g/mol. The first-order chi connectivity index (χ1) is 13.0. The first kappa shape index (κ1) is 17.3. The summed E-state index contributed by atoms with van der Waals surface area (Å²) in [5.74, 6) is -0.604. The highest BCUT2D eigenvalue weighted by Crippen LogP contribution is 2.37. The molecule has 1 atom stereocenters. The predicted octanol–water partition coefficient (Wildman–Crippen LogP) is 3.36. The van der Waals surface area contributed by atoms with Crippen molar-refractivity contribution in [2.45, 2.75) is 19.4 Å². The molecule has 0 bridgehead atoms. The lowest BCUT2D eigenvalue weighted by Crippen LogP contribution is -2.46. The fourth-order valence-corrected chi connectivity index (χ4v) is 3.67. The van der Waals surface area contributed by atoms with Crippen LogP contribution in [0.1, 0.15) is 21.7 Å². The fourth-order valence-electron chi connectivity index (χ4n) is 3.45. The second kappa shape index (κ2) is 6.55. The first-order valence-corrected chi connectivity index (χ1v) is 8.78. The number of aromatic nitrogens is 1. The minimum atomic E-state index is -0.761. The van der Waals surface area contributed by atoms with Crippen LogP contribution in [-0.4, -0.2) is 23.0 Å². The topological polar surface area (TPSA) is 89.4 Å². The summed E-state index contributed by atoms with van der Waals surface area (Å²) >= 11 is 6.28. The Bertz CT molecular complexity index is 1060. The smallest absolute Gasteiger partial charge is 0.264 e. The van der Waals surface area contributed by atoms with Gasteiger partial charge in [0.2, 0.25) is 5.91 Å². The zero-order valence-corrected chi connectivity index (χ0v) is 15.2. The number of carbonyl (C=O) groups is 2. The van der Waals surface area contributed by atoms with Gasteiger partial charge in [0.1, 0.15) is 23.1 Å². The molecule has 2 N–H and O–H groups in total. The Balaban J connectivity index is 1.85. The molecular formula is C20H16ClN3O3. The minimum Gasteiger partial charge on any atom is -0.368 e. The average Bonchev–Trinajstić information content (AvgIpc) is 3.22.